The lowest BCUT2D eigenvalue weighted by Gasteiger charge is -2.35. The molecule has 1 aromatic carbocycles. The van der Waals surface area contributed by atoms with Crippen LogP contribution < -0.4 is 4.74 Å². The summed E-state index contributed by atoms with van der Waals surface area (Å²) in [6.07, 6.45) is 1.08. The Labute approximate surface area is 186 Å². The second-order valence-electron chi connectivity index (χ2n) is 9.09. The van der Waals surface area contributed by atoms with E-state index in [1.807, 2.05) is 35.0 Å². The molecule has 6 nitrogen and oxygen atoms in total. The smallest absolute Gasteiger partial charge is 0.199 e. The summed E-state index contributed by atoms with van der Waals surface area (Å²) >= 11 is 5.82. The van der Waals surface area contributed by atoms with Crippen LogP contribution in [0.4, 0.5) is 0 Å². The molecule has 1 saturated heterocycles. The van der Waals surface area contributed by atoms with Crippen LogP contribution >= 0.6 is 12.2 Å². The van der Waals surface area contributed by atoms with E-state index in [1.54, 1.807) is 0 Å². The van der Waals surface area contributed by atoms with Crippen molar-refractivity contribution < 1.29 is 4.74 Å². The summed E-state index contributed by atoms with van der Waals surface area (Å²) in [5.74, 6) is 3.10. The minimum Gasteiger partial charge on any atom is -0.486 e. The standard InChI is InChI=1S/C23H37N5OS/c1-19(2)10-11-27-22(17-29-21-8-6-5-7-9-21)24-28(23(27)30)18-26-14-12-25(13-15-26)16-20(3)4/h5-9,19-20H,10-18H2,1-4H3. The molecular formula is C23H37N5OS. The van der Waals surface area contributed by atoms with Crippen molar-refractivity contribution in [3.05, 3.63) is 40.9 Å². The van der Waals surface area contributed by atoms with Crippen molar-refractivity contribution in [3.8, 4) is 5.75 Å². The highest BCUT2D eigenvalue weighted by atomic mass is 32.1. The molecule has 0 radical (unpaired) electrons. The maximum Gasteiger partial charge on any atom is 0.199 e. The summed E-state index contributed by atoms with van der Waals surface area (Å²) < 4.78 is 10.9. The largest absolute Gasteiger partial charge is 0.486 e. The van der Waals surface area contributed by atoms with Gasteiger partial charge >= 0.3 is 0 Å². The summed E-state index contributed by atoms with van der Waals surface area (Å²) in [5.41, 5.74) is 0. The Morgan fingerprint density at radius 2 is 1.63 bits per heavy atom. The van der Waals surface area contributed by atoms with Crippen LogP contribution in [-0.2, 0) is 19.8 Å². The number of piperazine rings is 1. The summed E-state index contributed by atoms with van der Waals surface area (Å²) in [6, 6.07) is 9.91. The normalized spacial score (nSPS) is 15.9. The third-order valence-electron chi connectivity index (χ3n) is 5.46. The zero-order valence-electron chi connectivity index (χ0n) is 19.0. The van der Waals surface area contributed by atoms with Crippen molar-refractivity contribution in [3.63, 3.8) is 0 Å². The number of para-hydroxylation sites is 1. The van der Waals surface area contributed by atoms with Crippen LogP contribution in [0, 0.1) is 16.6 Å². The van der Waals surface area contributed by atoms with E-state index in [9.17, 15) is 0 Å². The van der Waals surface area contributed by atoms with Crippen molar-refractivity contribution >= 4 is 12.2 Å². The number of ether oxygens (including phenoxy) is 1. The summed E-state index contributed by atoms with van der Waals surface area (Å²) in [7, 11) is 0. The molecule has 1 fully saturated rings. The van der Waals surface area contributed by atoms with E-state index in [-0.39, 0.29) is 0 Å². The van der Waals surface area contributed by atoms with Crippen molar-refractivity contribution in [1.82, 2.24) is 24.1 Å². The highest BCUT2D eigenvalue weighted by Gasteiger charge is 2.20. The lowest BCUT2D eigenvalue weighted by atomic mass is 10.1. The number of hydrogen-bond donors (Lipinski definition) is 0. The van der Waals surface area contributed by atoms with E-state index in [2.05, 4.69) is 42.1 Å². The average Bonchev–Trinajstić information content (AvgIpc) is 3.01. The molecule has 1 aliphatic rings. The number of aromatic nitrogens is 3. The molecule has 3 rings (SSSR count). The molecule has 0 spiro atoms. The van der Waals surface area contributed by atoms with E-state index < -0.39 is 0 Å². The lowest BCUT2D eigenvalue weighted by molar-refractivity contribution is 0.0947. The molecule has 0 bridgehead atoms. The Kier molecular flexibility index (Phi) is 8.48. The van der Waals surface area contributed by atoms with Crippen molar-refractivity contribution in [2.24, 2.45) is 11.8 Å². The van der Waals surface area contributed by atoms with Gasteiger partial charge in [0.15, 0.2) is 10.6 Å². The highest BCUT2D eigenvalue weighted by molar-refractivity contribution is 7.71. The van der Waals surface area contributed by atoms with Gasteiger partial charge in [-0.25, -0.2) is 4.68 Å². The first kappa shape index (κ1) is 23.0. The predicted molar refractivity (Wildman–Crippen MR) is 124 cm³/mol. The maximum absolute atomic E-state index is 5.99. The first-order chi connectivity index (χ1) is 14.4. The van der Waals surface area contributed by atoms with Crippen LogP contribution in [0.3, 0.4) is 0 Å². The van der Waals surface area contributed by atoms with Gasteiger partial charge in [-0.2, -0.15) is 5.10 Å². The fourth-order valence-corrected chi connectivity index (χ4v) is 4.08. The molecule has 166 valence electrons. The monoisotopic (exact) mass is 431 g/mol. The van der Waals surface area contributed by atoms with Crippen molar-refractivity contribution in [2.75, 3.05) is 32.7 Å². The molecule has 1 aromatic heterocycles. The molecule has 1 aliphatic heterocycles. The highest BCUT2D eigenvalue weighted by Crippen LogP contribution is 2.14. The Morgan fingerprint density at radius 3 is 2.27 bits per heavy atom. The Bertz CT molecular complexity index is 822. The second-order valence-corrected chi connectivity index (χ2v) is 9.45. The first-order valence-electron chi connectivity index (χ1n) is 11.2. The van der Waals surface area contributed by atoms with E-state index in [0.29, 0.717) is 18.4 Å². The summed E-state index contributed by atoms with van der Waals surface area (Å²) in [5, 5.41) is 4.86. The van der Waals surface area contributed by atoms with Gasteiger partial charge in [-0.05, 0) is 42.6 Å². The quantitative estimate of drug-likeness (QED) is 0.525. The Balaban J connectivity index is 1.67. The zero-order chi connectivity index (χ0) is 21.5. The van der Waals surface area contributed by atoms with Gasteiger partial charge in [0.05, 0.1) is 6.67 Å². The van der Waals surface area contributed by atoms with Gasteiger partial charge in [-0.15, -0.1) is 0 Å². The van der Waals surface area contributed by atoms with Gasteiger partial charge in [0.25, 0.3) is 0 Å². The molecule has 0 unspecified atom stereocenters. The van der Waals surface area contributed by atoms with Crippen LogP contribution in [-0.4, -0.2) is 56.9 Å². The maximum atomic E-state index is 5.99. The fourth-order valence-electron chi connectivity index (χ4n) is 3.78. The minimum atomic E-state index is 0.431. The molecule has 2 heterocycles. The molecular weight excluding hydrogens is 394 g/mol. The molecule has 0 N–H and O–H groups in total. The van der Waals surface area contributed by atoms with Gasteiger partial charge in [0.1, 0.15) is 12.4 Å². The van der Waals surface area contributed by atoms with Crippen molar-refractivity contribution in [2.45, 2.75) is 53.9 Å². The third kappa shape index (κ3) is 6.65. The third-order valence-corrected chi connectivity index (χ3v) is 5.89. The number of benzene rings is 1. The molecule has 7 heteroatoms. The van der Waals surface area contributed by atoms with Crippen LogP contribution in [0.25, 0.3) is 0 Å². The van der Waals surface area contributed by atoms with Crippen LogP contribution in [0.15, 0.2) is 30.3 Å². The first-order valence-corrected chi connectivity index (χ1v) is 11.6. The van der Waals surface area contributed by atoms with E-state index >= 15 is 0 Å². The van der Waals surface area contributed by atoms with Gasteiger partial charge in [0.2, 0.25) is 0 Å². The van der Waals surface area contributed by atoms with Crippen LogP contribution in [0.5, 0.6) is 5.75 Å². The average molecular weight is 432 g/mol. The minimum absolute atomic E-state index is 0.431. The molecule has 0 aliphatic carbocycles. The van der Waals surface area contributed by atoms with Gasteiger partial charge in [0, 0.05) is 39.3 Å². The molecule has 30 heavy (non-hydrogen) atoms. The molecule has 0 atom stereocenters. The van der Waals surface area contributed by atoms with Crippen LogP contribution in [0.2, 0.25) is 0 Å². The van der Waals surface area contributed by atoms with E-state index in [1.165, 1.54) is 6.54 Å². The van der Waals surface area contributed by atoms with Crippen LogP contribution in [0.1, 0.15) is 39.9 Å². The van der Waals surface area contributed by atoms with Gasteiger partial charge in [-0.3, -0.25) is 4.90 Å². The summed E-state index contributed by atoms with van der Waals surface area (Å²) in [4.78, 5) is 5.01. The second kappa shape index (κ2) is 11.1. The number of rotatable bonds is 10. The van der Waals surface area contributed by atoms with E-state index in [0.717, 1.165) is 62.2 Å². The fraction of sp³-hybridized carbons (Fsp3) is 0.652. The molecule has 2 aromatic rings. The number of nitrogens with zero attached hydrogens (tertiary/aromatic N) is 5. The number of hydrogen-bond acceptors (Lipinski definition) is 5. The van der Waals surface area contributed by atoms with Crippen molar-refractivity contribution in [1.29, 1.82) is 0 Å². The van der Waals surface area contributed by atoms with E-state index in [4.69, 9.17) is 22.1 Å². The molecule has 0 amide bonds. The Hall–Kier alpha value is -1.70. The zero-order valence-corrected chi connectivity index (χ0v) is 19.8. The van der Waals surface area contributed by atoms with Gasteiger partial charge < -0.3 is 14.2 Å². The SMILES string of the molecule is CC(C)CCn1c(COc2ccccc2)nn(CN2CCN(CC(C)C)CC2)c1=S. The lowest BCUT2D eigenvalue weighted by Crippen LogP contribution is -2.47. The Morgan fingerprint density at radius 1 is 0.967 bits per heavy atom. The summed E-state index contributed by atoms with van der Waals surface area (Å²) in [6.45, 7) is 16.6. The topological polar surface area (TPSA) is 38.5 Å². The predicted octanol–water partition coefficient (Wildman–Crippen LogP) is 4.27. The molecule has 0 saturated carbocycles. The van der Waals surface area contributed by atoms with Gasteiger partial charge in [-0.1, -0.05) is 45.9 Å².